The van der Waals surface area contributed by atoms with Gasteiger partial charge in [-0.05, 0) is 37.1 Å². The van der Waals surface area contributed by atoms with E-state index >= 15 is 0 Å². The topological polar surface area (TPSA) is 107 Å². The van der Waals surface area contributed by atoms with Crippen LogP contribution in [0.4, 0.5) is 0 Å². The Kier molecular flexibility index (Phi) is 4.73. The van der Waals surface area contributed by atoms with Gasteiger partial charge in [-0.2, -0.15) is 5.10 Å². The van der Waals surface area contributed by atoms with Crippen molar-refractivity contribution in [2.45, 2.75) is 19.9 Å². The van der Waals surface area contributed by atoms with Gasteiger partial charge in [0.25, 0.3) is 5.56 Å². The number of nitrogens with one attached hydrogen (secondary N) is 2. The maximum absolute atomic E-state index is 12.9. The number of furan rings is 1. The number of nitrogens with zero attached hydrogens (tertiary/aromatic N) is 3. The minimum Gasteiger partial charge on any atom is -0.497 e. The SMILES string of the molecule is COc1ccc2[nH]cc(CCNC(=O)Cn3ncc4c5oc(C)cc5n(C)c4c3=O)c2c1. The lowest BCUT2D eigenvalue weighted by atomic mass is 10.1. The molecule has 0 aliphatic carbocycles. The number of aryl methyl sites for hydroxylation is 2. The monoisotopic (exact) mass is 433 g/mol. The van der Waals surface area contributed by atoms with Crippen molar-refractivity contribution < 1.29 is 13.9 Å². The van der Waals surface area contributed by atoms with E-state index in [4.69, 9.17) is 9.15 Å². The second-order valence-electron chi connectivity index (χ2n) is 7.83. The molecule has 0 bridgehead atoms. The molecule has 9 heteroatoms. The second kappa shape index (κ2) is 7.60. The fourth-order valence-electron chi connectivity index (χ4n) is 4.16. The van der Waals surface area contributed by atoms with Gasteiger partial charge >= 0.3 is 0 Å². The Morgan fingerprint density at radius 3 is 2.94 bits per heavy atom. The third-order valence-corrected chi connectivity index (χ3v) is 5.78. The van der Waals surface area contributed by atoms with E-state index in [9.17, 15) is 9.59 Å². The van der Waals surface area contributed by atoms with Crippen molar-refractivity contribution in [3.63, 3.8) is 0 Å². The van der Waals surface area contributed by atoms with Crippen LogP contribution in [0.25, 0.3) is 32.9 Å². The van der Waals surface area contributed by atoms with Crippen molar-refractivity contribution in [3.8, 4) is 5.75 Å². The van der Waals surface area contributed by atoms with E-state index < -0.39 is 0 Å². The number of aromatic nitrogens is 4. The summed E-state index contributed by atoms with van der Waals surface area (Å²) in [6.45, 7) is 2.15. The van der Waals surface area contributed by atoms with Crippen LogP contribution < -0.4 is 15.6 Å². The Bertz CT molecular complexity index is 1540. The van der Waals surface area contributed by atoms with Crippen LogP contribution in [0.1, 0.15) is 11.3 Å². The minimum absolute atomic E-state index is 0.151. The van der Waals surface area contributed by atoms with Crippen LogP contribution in [0.2, 0.25) is 0 Å². The van der Waals surface area contributed by atoms with Gasteiger partial charge in [-0.1, -0.05) is 0 Å². The molecule has 164 valence electrons. The van der Waals surface area contributed by atoms with Crippen molar-refractivity contribution in [1.29, 1.82) is 0 Å². The fraction of sp³-hybridized carbons (Fsp3) is 0.261. The molecule has 5 rings (SSSR count). The summed E-state index contributed by atoms with van der Waals surface area (Å²) in [6.07, 6.45) is 4.16. The third kappa shape index (κ3) is 3.22. The number of benzene rings is 1. The number of methoxy groups -OCH3 is 1. The van der Waals surface area contributed by atoms with Gasteiger partial charge in [-0.25, -0.2) is 4.68 Å². The van der Waals surface area contributed by atoms with Gasteiger partial charge in [0, 0.05) is 36.8 Å². The molecule has 0 radical (unpaired) electrons. The standard InChI is InChI=1S/C23H23N5O4/c1-13-8-19-22(32-13)17-11-26-28(23(30)21(17)27(19)2)12-20(29)24-7-6-14-10-25-18-5-4-15(31-3)9-16(14)18/h4-5,8-11,25H,6-7,12H2,1-3H3,(H,24,29). The highest BCUT2D eigenvalue weighted by molar-refractivity contribution is 6.04. The molecular weight excluding hydrogens is 410 g/mol. The van der Waals surface area contributed by atoms with E-state index in [1.54, 1.807) is 17.9 Å². The fourth-order valence-corrected chi connectivity index (χ4v) is 4.16. The van der Waals surface area contributed by atoms with Gasteiger partial charge in [0.05, 0.1) is 24.2 Å². The molecule has 0 saturated carbocycles. The van der Waals surface area contributed by atoms with Crippen LogP contribution in [0.15, 0.2) is 45.9 Å². The lowest BCUT2D eigenvalue weighted by Crippen LogP contribution is -2.34. The summed E-state index contributed by atoms with van der Waals surface area (Å²) in [5.74, 6) is 1.28. The molecule has 2 N–H and O–H groups in total. The largest absolute Gasteiger partial charge is 0.497 e. The van der Waals surface area contributed by atoms with Gasteiger partial charge in [-0.15, -0.1) is 0 Å². The van der Waals surface area contributed by atoms with E-state index in [1.165, 1.54) is 4.68 Å². The van der Waals surface area contributed by atoms with Gasteiger partial charge in [0.1, 0.15) is 23.6 Å². The summed E-state index contributed by atoms with van der Waals surface area (Å²) in [5, 5.41) is 8.77. The quantitative estimate of drug-likeness (QED) is 0.428. The van der Waals surface area contributed by atoms with Crippen molar-refractivity contribution in [2.75, 3.05) is 13.7 Å². The number of hydrogen-bond donors (Lipinski definition) is 2. The summed E-state index contributed by atoms with van der Waals surface area (Å²) in [6, 6.07) is 7.72. The van der Waals surface area contributed by atoms with E-state index in [2.05, 4.69) is 15.4 Å². The number of carbonyl (C=O) groups excluding carboxylic acids is 1. The summed E-state index contributed by atoms with van der Waals surface area (Å²) in [7, 11) is 3.44. The zero-order chi connectivity index (χ0) is 22.4. The summed E-state index contributed by atoms with van der Waals surface area (Å²) in [5.41, 5.74) is 3.70. The first-order chi connectivity index (χ1) is 15.5. The molecule has 4 aromatic heterocycles. The normalized spacial score (nSPS) is 11.6. The molecule has 0 spiro atoms. The molecule has 0 unspecified atom stereocenters. The van der Waals surface area contributed by atoms with Crippen molar-refractivity contribution in [1.82, 2.24) is 24.6 Å². The molecule has 0 saturated heterocycles. The highest BCUT2D eigenvalue weighted by Gasteiger charge is 2.18. The highest BCUT2D eigenvalue weighted by Crippen LogP contribution is 2.28. The molecule has 9 nitrogen and oxygen atoms in total. The lowest BCUT2D eigenvalue weighted by Gasteiger charge is -2.07. The molecule has 5 aromatic rings. The Morgan fingerprint density at radius 2 is 2.12 bits per heavy atom. The summed E-state index contributed by atoms with van der Waals surface area (Å²) >= 11 is 0. The Balaban J connectivity index is 1.30. The van der Waals surface area contributed by atoms with Gasteiger partial charge < -0.3 is 24.0 Å². The summed E-state index contributed by atoms with van der Waals surface area (Å²) < 4.78 is 14.0. The number of rotatable bonds is 6. The van der Waals surface area contributed by atoms with E-state index in [1.807, 2.05) is 44.4 Å². The van der Waals surface area contributed by atoms with Crippen LogP contribution in [0.5, 0.6) is 5.75 Å². The number of ether oxygens (including phenoxy) is 1. The van der Waals surface area contributed by atoms with Crippen LogP contribution in [-0.4, -0.2) is 38.9 Å². The molecule has 1 amide bonds. The molecule has 0 aliphatic heterocycles. The van der Waals surface area contributed by atoms with Crippen molar-refractivity contribution in [2.24, 2.45) is 7.05 Å². The molecule has 0 fully saturated rings. The van der Waals surface area contributed by atoms with Crippen molar-refractivity contribution >= 4 is 38.8 Å². The zero-order valence-corrected chi connectivity index (χ0v) is 18.1. The third-order valence-electron chi connectivity index (χ3n) is 5.78. The molecule has 0 atom stereocenters. The maximum Gasteiger partial charge on any atom is 0.291 e. The average Bonchev–Trinajstić information content (AvgIpc) is 3.43. The van der Waals surface area contributed by atoms with E-state index in [0.29, 0.717) is 29.5 Å². The molecule has 0 aliphatic rings. The van der Waals surface area contributed by atoms with Crippen molar-refractivity contribution in [3.05, 3.63) is 58.3 Å². The minimum atomic E-state index is -0.326. The Labute approximate surface area is 182 Å². The smallest absolute Gasteiger partial charge is 0.291 e. The van der Waals surface area contributed by atoms with Gasteiger partial charge in [0.2, 0.25) is 5.91 Å². The average molecular weight is 433 g/mol. The predicted octanol–water partition coefficient (Wildman–Crippen LogP) is 2.64. The first-order valence-corrected chi connectivity index (χ1v) is 10.3. The van der Waals surface area contributed by atoms with Crippen LogP contribution in [0, 0.1) is 6.92 Å². The number of hydrogen-bond acceptors (Lipinski definition) is 5. The van der Waals surface area contributed by atoms with Gasteiger partial charge in [-0.3, -0.25) is 9.59 Å². The highest BCUT2D eigenvalue weighted by atomic mass is 16.5. The number of aromatic amines is 1. The molecule has 4 heterocycles. The zero-order valence-electron chi connectivity index (χ0n) is 18.1. The number of carbonyl (C=O) groups is 1. The van der Waals surface area contributed by atoms with E-state index in [-0.39, 0.29) is 18.0 Å². The molecule has 1 aromatic carbocycles. The first kappa shape index (κ1) is 19.9. The van der Waals surface area contributed by atoms with Crippen LogP contribution in [-0.2, 0) is 24.8 Å². The number of amides is 1. The summed E-state index contributed by atoms with van der Waals surface area (Å²) in [4.78, 5) is 28.7. The number of H-pyrrole nitrogens is 1. The van der Waals surface area contributed by atoms with Crippen LogP contribution in [0.3, 0.4) is 0 Å². The van der Waals surface area contributed by atoms with Gasteiger partial charge in [0.15, 0.2) is 5.58 Å². The first-order valence-electron chi connectivity index (χ1n) is 10.3. The number of fused-ring (bicyclic) bond motifs is 4. The molecular formula is C23H23N5O4. The maximum atomic E-state index is 12.9. The Hall–Kier alpha value is -4.01. The second-order valence-corrected chi connectivity index (χ2v) is 7.83. The lowest BCUT2D eigenvalue weighted by molar-refractivity contribution is -0.121. The van der Waals surface area contributed by atoms with Crippen LogP contribution >= 0.6 is 0 Å². The Morgan fingerprint density at radius 1 is 1.28 bits per heavy atom. The van der Waals surface area contributed by atoms with E-state index in [0.717, 1.165) is 33.5 Å². The molecule has 32 heavy (non-hydrogen) atoms. The predicted molar refractivity (Wildman–Crippen MR) is 121 cm³/mol.